The zero-order chi connectivity index (χ0) is 11.5. The van der Waals surface area contributed by atoms with E-state index in [0.717, 1.165) is 18.6 Å². The Morgan fingerprint density at radius 3 is 3.00 bits per heavy atom. The molecule has 1 amide bonds. The summed E-state index contributed by atoms with van der Waals surface area (Å²) in [6.07, 6.45) is 2.02. The maximum Gasteiger partial charge on any atom is 0.237 e. The lowest BCUT2D eigenvalue weighted by molar-refractivity contribution is -0.115. The van der Waals surface area contributed by atoms with Crippen LogP contribution in [-0.2, 0) is 4.79 Å². The Morgan fingerprint density at radius 2 is 2.38 bits per heavy atom. The number of hydrogen-bond donors (Lipinski definition) is 2. The van der Waals surface area contributed by atoms with Gasteiger partial charge in [0.1, 0.15) is 5.75 Å². The van der Waals surface area contributed by atoms with Gasteiger partial charge in [0, 0.05) is 11.8 Å². The van der Waals surface area contributed by atoms with Crippen molar-refractivity contribution in [2.75, 3.05) is 11.1 Å². The molecule has 2 rings (SSSR count). The highest BCUT2D eigenvalue weighted by molar-refractivity contribution is 8.00. The van der Waals surface area contributed by atoms with Crippen molar-refractivity contribution >= 4 is 35.0 Å². The molecule has 1 fully saturated rings. The molecule has 0 radical (unpaired) electrons. The van der Waals surface area contributed by atoms with E-state index in [1.54, 1.807) is 23.9 Å². The summed E-state index contributed by atoms with van der Waals surface area (Å²) in [5.41, 5.74) is 0.583. The molecule has 1 aliphatic heterocycles. The predicted molar refractivity (Wildman–Crippen MR) is 67.2 cm³/mol. The lowest BCUT2D eigenvalue weighted by Crippen LogP contribution is -2.22. The van der Waals surface area contributed by atoms with Gasteiger partial charge < -0.3 is 10.4 Å². The summed E-state index contributed by atoms with van der Waals surface area (Å²) in [7, 11) is 0. The zero-order valence-electron chi connectivity index (χ0n) is 8.57. The molecule has 3 nitrogen and oxygen atoms in total. The zero-order valence-corrected chi connectivity index (χ0v) is 10.1. The second-order valence-electron chi connectivity index (χ2n) is 3.66. The Hall–Kier alpha value is -0.870. The Morgan fingerprint density at radius 1 is 1.56 bits per heavy atom. The number of phenols is 1. The Balaban J connectivity index is 2.02. The van der Waals surface area contributed by atoms with Crippen LogP contribution >= 0.6 is 23.4 Å². The Kier molecular flexibility index (Phi) is 3.61. The van der Waals surface area contributed by atoms with Crippen molar-refractivity contribution < 1.29 is 9.90 Å². The van der Waals surface area contributed by atoms with Crippen LogP contribution in [0.2, 0.25) is 5.02 Å². The first kappa shape index (κ1) is 11.6. The van der Waals surface area contributed by atoms with E-state index in [0.29, 0.717) is 5.69 Å². The number of phenolic OH excluding ortho intramolecular Hbond substituents is 1. The molecule has 1 aromatic carbocycles. The minimum absolute atomic E-state index is 0.00391. The normalized spacial score (nSPS) is 19.7. The first-order chi connectivity index (χ1) is 7.66. The molecule has 1 saturated heterocycles. The van der Waals surface area contributed by atoms with Crippen LogP contribution in [0.3, 0.4) is 0 Å². The van der Waals surface area contributed by atoms with Gasteiger partial charge in [-0.3, -0.25) is 4.79 Å². The van der Waals surface area contributed by atoms with Gasteiger partial charge in [0.25, 0.3) is 0 Å². The fourth-order valence-corrected chi connectivity index (χ4v) is 2.88. The minimum Gasteiger partial charge on any atom is -0.506 e. The first-order valence-corrected chi connectivity index (χ1v) is 6.50. The van der Waals surface area contributed by atoms with Crippen LogP contribution < -0.4 is 5.32 Å². The number of thioether (sulfide) groups is 1. The van der Waals surface area contributed by atoms with E-state index in [4.69, 9.17) is 11.6 Å². The summed E-state index contributed by atoms with van der Waals surface area (Å²) >= 11 is 7.35. The summed E-state index contributed by atoms with van der Waals surface area (Å²) in [6.45, 7) is 0. The fourth-order valence-electron chi connectivity index (χ4n) is 1.60. The predicted octanol–water partition coefficient (Wildman–Crippen LogP) is 2.88. The number of aromatic hydroxyl groups is 1. The molecule has 1 atom stereocenters. The second-order valence-corrected chi connectivity index (χ2v) is 5.37. The van der Waals surface area contributed by atoms with Crippen molar-refractivity contribution in [3.05, 3.63) is 23.2 Å². The van der Waals surface area contributed by atoms with Gasteiger partial charge in [-0.1, -0.05) is 11.6 Å². The van der Waals surface area contributed by atoms with Gasteiger partial charge in [0.15, 0.2) is 0 Å². The maximum absolute atomic E-state index is 11.8. The highest BCUT2D eigenvalue weighted by Gasteiger charge is 2.23. The lowest BCUT2D eigenvalue weighted by Gasteiger charge is -2.10. The molecule has 1 aliphatic rings. The average molecular weight is 258 g/mol. The molecule has 0 aliphatic carbocycles. The van der Waals surface area contributed by atoms with E-state index in [2.05, 4.69) is 5.32 Å². The topological polar surface area (TPSA) is 49.3 Å². The molecular formula is C11H12ClNO2S. The molecule has 86 valence electrons. The van der Waals surface area contributed by atoms with Crippen LogP contribution in [0, 0.1) is 0 Å². The molecule has 16 heavy (non-hydrogen) atoms. The number of amides is 1. The summed E-state index contributed by atoms with van der Waals surface area (Å²) in [5, 5.41) is 12.5. The summed E-state index contributed by atoms with van der Waals surface area (Å²) < 4.78 is 0. The molecule has 5 heteroatoms. The lowest BCUT2D eigenvalue weighted by atomic mass is 10.2. The standard InChI is InChI=1S/C11H12ClNO2S/c12-8-4-3-7(6-9(8)14)13-11(15)10-2-1-5-16-10/h3-4,6,10,14H,1-2,5H2,(H,13,15). The SMILES string of the molecule is O=C(Nc1ccc(Cl)c(O)c1)C1CCCS1. The van der Waals surface area contributed by atoms with Gasteiger partial charge in [-0.2, -0.15) is 0 Å². The number of benzene rings is 1. The largest absolute Gasteiger partial charge is 0.506 e. The van der Waals surface area contributed by atoms with E-state index >= 15 is 0 Å². The van der Waals surface area contributed by atoms with E-state index in [9.17, 15) is 9.90 Å². The van der Waals surface area contributed by atoms with Gasteiger partial charge in [0.05, 0.1) is 10.3 Å². The highest BCUT2D eigenvalue weighted by Crippen LogP contribution is 2.29. The minimum atomic E-state index is -0.0152. The van der Waals surface area contributed by atoms with Crippen molar-refractivity contribution in [3.8, 4) is 5.75 Å². The molecule has 1 heterocycles. The number of nitrogens with one attached hydrogen (secondary N) is 1. The summed E-state index contributed by atoms with van der Waals surface area (Å²) in [6, 6.07) is 4.70. The number of halogens is 1. The third-order valence-electron chi connectivity index (χ3n) is 2.44. The third kappa shape index (κ3) is 2.62. The Bertz CT molecular complexity index is 405. The molecule has 0 aromatic heterocycles. The Labute approximate surface area is 103 Å². The van der Waals surface area contributed by atoms with Crippen LogP contribution in [0.4, 0.5) is 5.69 Å². The number of anilines is 1. The summed E-state index contributed by atoms with van der Waals surface area (Å²) in [4.78, 5) is 11.8. The molecule has 0 spiro atoms. The third-order valence-corrected chi connectivity index (χ3v) is 4.13. The molecule has 2 N–H and O–H groups in total. The molecule has 1 aromatic rings. The van der Waals surface area contributed by atoms with E-state index < -0.39 is 0 Å². The second kappa shape index (κ2) is 4.97. The molecule has 1 unspecified atom stereocenters. The molecular weight excluding hydrogens is 246 g/mol. The molecule has 0 bridgehead atoms. The highest BCUT2D eigenvalue weighted by atomic mass is 35.5. The van der Waals surface area contributed by atoms with E-state index in [1.165, 1.54) is 6.07 Å². The van der Waals surface area contributed by atoms with Gasteiger partial charge >= 0.3 is 0 Å². The van der Waals surface area contributed by atoms with Crippen LogP contribution in [0.1, 0.15) is 12.8 Å². The van der Waals surface area contributed by atoms with Crippen molar-refractivity contribution in [1.82, 2.24) is 0 Å². The van der Waals surface area contributed by atoms with E-state index in [1.807, 2.05) is 0 Å². The van der Waals surface area contributed by atoms with Crippen LogP contribution in [0.25, 0.3) is 0 Å². The summed E-state index contributed by atoms with van der Waals surface area (Å²) in [5.74, 6) is 1.03. The number of rotatable bonds is 2. The number of carbonyl (C=O) groups excluding carboxylic acids is 1. The smallest absolute Gasteiger partial charge is 0.237 e. The number of hydrogen-bond acceptors (Lipinski definition) is 3. The van der Waals surface area contributed by atoms with Gasteiger partial charge in [0.2, 0.25) is 5.91 Å². The van der Waals surface area contributed by atoms with E-state index in [-0.39, 0.29) is 21.9 Å². The van der Waals surface area contributed by atoms with Crippen LogP contribution in [0.15, 0.2) is 18.2 Å². The van der Waals surface area contributed by atoms with Gasteiger partial charge in [-0.25, -0.2) is 0 Å². The van der Waals surface area contributed by atoms with Crippen molar-refractivity contribution in [2.45, 2.75) is 18.1 Å². The monoisotopic (exact) mass is 257 g/mol. The van der Waals surface area contributed by atoms with Crippen molar-refractivity contribution in [1.29, 1.82) is 0 Å². The van der Waals surface area contributed by atoms with Crippen LogP contribution in [-0.4, -0.2) is 22.0 Å². The van der Waals surface area contributed by atoms with Gasteiger partial charge in [-0.05, 0) is 30.7 Å². The van der Waals surface area contributed by atoms with Crippen LogP contribution in [0.5, 0.6) is 5.75 Å². The number of carbonyl (C=O) groups is 1. The van der Waals surface area contributed by atoms with Gasteiger partial charge in [-0.15, -0.1) is 11.8 Å². The average Bonchev–Trinajstić information content (AvgIpc) is 2.77. The fraction of sp³-hybridized carbons (Fsp3) is 0.364. The molecule has 0 saturated carbocycles. The van der Waals surface area contributed by atoms with Crippen molar-refractivity contribution in [3.63, 3.8) is 0 Å². The maximum atomic E-state index is 11.8. The van der Waals surface area contributed by atoms with Crippen molar-refractivity contribution in [2.24, 2.45) is 0 Å². The first-order valence-electron chi connectivity index (χ1n) is 5.08. The quantitative estimate of drug-likeness (QED) is 0.857.